The topological polar surface area (TPSA) is 56.8 Å². The van der Waals surface area contributed by atoms with Crippen molar-refractivity contribution in [3.8, 4) is 17.2 Å². The summed E-state index contributed by atoms with van der Waals surface area (Å²) >= 11 is 2.25. The van der Waals surface area contributed by atoms with Crippen LogP contribution in [0.4, 0.5) is 5.69 Å². The molecule has 0 aliphatic carbocycles. The summed E-state index contributed by atoms with van der Waals surface area (Å²) < 4.78 is 18.1. The summed E-state index contributed by atoms with van der Waals surface area (Å²) in [6.07, 6.45) is 0. The molecule has 0 atom stereocenters. The molecule has 140 valence electrons. The lowest BCUT2D eigenvalue weighted by Crippen LogP contribution is -2.14. The third-order valence-electron chi connectivity index (χ3n) is 3.61. The molecule has 1 N–H and O–H groups in total. The lowest BCUT2D eigenvalue weighted by Gasteiger charge is -2.17. The van der Waals surface area contributed by atoms with Crippen molar-refractivity contribution in [3.63, 3.8) is 0 Å². The molecule has 0 fully saturated rings. The van der Waals surface area contributed by atoms with Crippen LogP contribution in [0, 0.1) is 10.5 Å². The molecule has 0 aromatic heterocycles. The first-order chi connectivity index (χ1) is 12.5. The summed E-state index contributed by atoms with van der Waals surface area (Å²) in [5, 5.41) is 2.95. The molecule has 6 heteroatoms. The first kappa shape index (κ1) is 20.4. The summed E-state index contributed by atoms with van der Waals surface area (Å²) in [7, 11) is 0. The molecule has 5 nitrogen and oxygen atoms in total. The fraction of sp³-hybridized carbons (Fsp3) is 0.350. The van der Waals surface area contributed by atoms with Crippen LogP contribution < -0.4 is 19.5 Å². The van der Waals surface area contributed by atoms with Gasteiger partial charge in [-0.15, -0.1) is 0 Å². The number of benzene rings is 2. The zero-order valence-corrected chi connectivity index (χ0v) is 17.7. The third-order valence-corrected chi connectivity index (χ3v) is 4.28. The highest BCUT2D eigenvalue weighted by molar-refractivity contribution is 14.1. The molecule has 1 amide bonds. The molecule has 0 unspecified atom stereocenters. The Bertz CT molecular complexity index is 749. The van der Waals surface area contributed by atoms with E-state index >= 15 is 0 Å². The number of halogens is 1. The Morgan fingerprint density at radius 2 is 1.54 bits per heavy atom. The predicted octanol–water partition coefficient (Wildman–Crippen LogP) is 5.05. The second kappa shape index (κ2) is 9.66. The van der Waals surface area contributed by atoms with Crippen molar-refractivity contribution in [3.05, 3.63) is 45.0 Å². The van der Waals surface area contributed by atoms with E-state index in [4.69, 9.17) is 14.2 Å². The molecule has 0 aliphatic heterocycles. The zero-order chi connectivity index (χ0) is 19.1. The van der Waals surface area contributed by atoms with Crippen molar-refractivity contribution in [2.24, 2.45) is 0 Å². The highest BCUT2D eigenvalue weighted by Crippen LogP contribution is 2.39. The largest absolute Gasteiger partial charge is 0.490 e. The SMILES string of the molecule is CCOc1cc(C(=O)Nc2ccc(I)cc2C)cc(OCC)c1OCC. The fourth-order valence-electron chi connectivity index (χ4n) is 2.48. The predicted molar refractivity (Wildman–Crippen MR) is 112 cm³/mol. The highest BCUT2D eigenvalue weighted by Gasteiger charge is 2.18. The Labute approximate surface area is 168 Å². The summed E-state index contributed by atoms with van der Waals surface area (Å²) in [5.74, 6) is 1.31. The van der Waals surface area contributed by atoms with Crippen molar-refractivity contribution in [2.75, 3.05) is 25.1 Å². The van der Waals surface area contributed by atoms with Gasteiger partial charge >= 0.3 is 0 Å². The van der Waals surface area contributed by atoms with Crippen LogP contribution in [0.5, 0.6) is 17.2 Å². The molecule has 2 aromatic rings. The van der Waals surface area contributed by atoms with Gasteiger partial charge in [-0.1, -0.05) is 0 Å². The third kappa shape index (κ3) is 5.03. The van der Waals surface area contributed by atoms with Gasteiger partial charge in [0.1, 0.15) is 0 Å². The molecule has 0 heterocycles. The normalized spacial score (nSPS) is 10.3. The van der Waals surface area contributed by atoms with Crippen molar-refractivity contribution >= 4 is 34.2 Å². The van der Waals surface area contributed by atoms with Crippen LogP contribution in [0.3, 0.4) is 0 Å². The Kier molecular flexibility index (Phi) is 7.56. The number of ether oxygens (including phenoxy) is 3. The van der Waals surface area contributed by atoms with Crippen LogP contribution in [0.2, 0.25) is 0 Å². The van der Waals surface area contributed by atoms with Gasteiger partial charge < -0.3 is 19.5 Å². The molecule has 0 saturated heterocycles. The Balaban J connectivity index is 2.38. The zero-order valence-electron chi connectivity index (χ0n) is 15.5. The summed E-state index contributed by atoms with van der Waals surface area (Å²) in [6, 6.07) is 9.25. The molecule has 26 heavy (non-hydrogen) atoms. The van der Waals surface area contributed by atoms with Crippen molar-refractivity contribution in [1.29, 1.82) is 0 Å². The van der Waals surface area contributed by atoms with Gasteiger partial charge in [0.05, 0.1) is 19.8 Å². The van der Waals surface area contributed by atoms with E-state index in [1.54, 1.807) is 12.1 Å². The minimum absolute atomic E-state index is 0.223. The number of carbonyl (C=O) groups is 1. The van der Waals surface area contributed by atoms with E-state index in [0.717, 1.165) is 14.8 Å². The van der Waals surface area contributed by atoms with Crippen LogP contribution in [0.1, 0.15) is 36.7 Å². The van der Waals surface area contributed by atoms with E-state index in [0.29, 0.717) is 42.6 Å². The number of hydrogen-bond donors (Lipinski definition) is 1. The van der Waals surface area contributed by atoms with Gasteiger partial charge in [0.2, 0.25) is 5.75 Å². The molecule has 0 aliphatic rings. The summed E-state index contributed by atoms with van der Waals surface area (Å²) in [4.78, 5) is 12.8. The summed E-state index contributed by atoms with van der Waals surface area (Å²) in [6.45, 7) is 9.04. The van der Waals surface area contributed by atoms with Crippen LogP contribution in [-0.2, 0) is 0 Å². The maximum absolute atomic E-state index is 12.8. The van der Waals surface area contributed by atoms with E-state index < -0.39 is 0 Å². The van der Waals surface area contributed by atoms with Crippen molar-refractivity contribution in [2.45, 2.75) is 27.7 Å². The van der Waals surface area contributed by atoms with Crippen LogP contribution in [0.15, 0.2) is 30.3 Å². The van der Waals surface area contributed by atoms with Crippen molar-refractivity contribution in [1.82, 2.24) is 0 Å². The quantitative estimate of drug-likeness (QED) is 0.550. The van der Waals surface area contributed by atoms with E-state index in [2.05, 4.69) is 27.9 Å². The standard InChI is InChI=1S/C20H24INO4/c1-5-24-17-11-14(12-18(25-6-2)19(17)26-7-3)20(23)22-16-9-8-15(21)10-13(16)4/h8-12H,5-7H2,1-4H3,(H,22,23). The smallest absolute Gasteiger partial charge is 0.255 e. The van der Waals surface area contributed by atoms with Gasteiger partial charge in [-0.05, 0) is 86.2 Å². The molecule has 0 spiro atoms. The highest BCUT2D eigenvalue weighted by atomic mass is 127. The number of carbonyl (C=O) groups excluding carboxylic acids is 1. The number of hydrogen-bond acceptors (Lipinski definition) is 4. The Morgan fingerprint density at radius 3 is 2.04 bits per heavy atom. The monoisotopic (exact) mass is 469 g/mol. The minimum Gasteiger partial charge on any atom is -0.490 e. The first-order valence-corrected chi connectivity index (χ1v) is 9.71. The van der Waals surface area contributed by atoms with Gasteiger partial charge in [-0.3, -0.25) is 4.79 Å². The van der Waals surface area contributed by atoms with Gasteiger partial charge in [0, 0.05) is 14.8 Å². The summed E-state index contributed by atoms with van der Waals surface area (Å²) in [5.41, 5.74) is 2.24. The molecule has 2 aromatic carbocycles. The lowest BCUT2D eigenvalue weighted by molar-refractivity contribution is 0.102. The van der Waals surface area contributed by atoms with Gasteiger partial charge in [0.25, 0.3) is 5.91 Å². The number of aryl methyl sites for hydroxylation is 1. The average Bonchev–Trinajstić information content (AvgIpc) is 2.60. The average molecular weight is 469 g/mol. The minimum atomic E-state index is -0.223. The number of rotatable bonds is 8. The molecule has 0 saturated carbocycles. The van der Waals surface area contributed by atoms with Crippen LogP contribution in [-0.4, -0.2) is 25.7 Å². The number of amides is 1. The fourth-order valence-corrected chi connectivity index (χ4v) is 3.13. The first-order valence-electron chi connectivity index (χ1n) is 8.64. The van der Waals surface area contributed by atoms with E-state index in [1.807, 2.05) is 45.9 Å². The second-order valence-corrected chi connectivity index (χ2v) is 6.76. The maximum atomic E-state index is 12.8. The molecule has 0 radical (unpaired) electrons. The molecule has 2 rings (SSSR count). The maximum Gasteiger partial charge on any atom is 0.255 e. The lowest BCUT2D eigenvalue weighted by atomic mass is 10.1. The van der Waals surface area contributed by atoms with Crippen LogP contribution >= 0.6 is 22.6 Å². The number of anilines is 1. The van der Waals surface area contributed by atoms with Crippen molar-refractivity contribution < 1.29 is 19.0 Å². The Morgan fingerprint density at radius 1 is 0.962 bits per heavy atom. The van der Waals surface area contributed by atoms with E-state index in [1.165, 1.54) is 0 Å². The van der Waals surface area contributed by atoms with Gasteiger partial charge in [0.15, 0.2) is 11.5 Å². The van der Waals surface area contributed by atoms with E-state index in [-0.39, 0.29) is 5.91 Å². The number of nitrogens with one attached hydrogen (secondary N) is 1. The Hall–Kier alpha value is -1.96. The van der Waals surface area contributed by atoms with E-state index in [9.17, 15) is 4.79 Å². The van der Waals surface area contributed by atoms with Gasteiger partial charge in [-0.25, -0.2) is 0 Å². The van der Waals surface area contributed by atoms with Crippen LogP contribution in [0.25, 0.3) is 0 Å². The molecule has 0 bridgehead atoms. The molecular formula is C20H24INO4. The van der Waals surface area contributed by atoms with Gasteiger partial charge in [-0.2, -0.15) is 0 Å². The second-order valence-electron chi connectivity index (χ2n) is 5.51. The molecular weight excluding hydrogens is 445 g/mol.